The molecule has 1 fully saturated rings. The molecule has 0 aromatic heterocycles. The molecule has 0 radical (unpaired) electrons. The van der Waals surface area contributed by atoms with Crippen molar-refractivity contribution in [3.05, 3.63) is 72.3 Å². The Morgan fingerprint density at radius 3 is 2.41 bits per heavy atom. The van der Waals surface area contributed by atoms with Crippen LogP contribution >= 0.6 is 0 Å². The molecule has 1 amide bonds. The number of piperidine rings is 1. The van der Waals surface area contributed by atoms with Crippen LogP contribution in [0.25, 0.3) is 10.8 Å². The summed E-state index contributed by atoms with van der Waals surface area (Å²) in [6, 6.07) is 22.9. The van der Waals surface area contributed by atoms with Gasteiger partial charge in [-0.3, -0.25) is 4.79 Å². The monoisotopic (exact) mass is 358 g/mol. The highest BCUT2D eigenvalue weighted by Gasteiger charge is 2.11. The maximum absolute atomic E-state index is 12.4. The third-order valence-corrected chi connectivity index (χ3v) is 5.37. The number of carbonyl (C=O) groups is 1. The van der Waals surface area contributed by atoms with Crippen LogP contribution in [-0.2, 0) is 11.2 Å². The van der Waals surface area contributed by atoms with Gasteiger partial charge in [0.15, 0.2) is 0 Å². The molecule has 1 aliphatic heterocycles. The van der Waals surface area contributed by atoms with Crippen molar-refractivity contribution in [2.24, 2.45) is 0 Å². The molecule has 138 valence electrons. The van der Waals surface area contributed by atoms with Crippen molar-refractivity contribution in [1.29, 1.82) is 0 Å². The van der Waals surface area contributed by atoms with E-state index in [4.69, 9.17) is 0 Å². The summed E-state index contributed by atoms with van der Waals surface area (Å²) in [6.45, 7) is 2.27. The predicted molar refractivity (Wildman–Crippen MR) is 113 cm³/mol. The molecular formula is C24H26N2O. The zero-order valence-electron chi connectivity index (χ0n) is 15.7. The van der Waals surface area contributed by atoms with Crippen molar-refractivity contribution in [3.8, 4) is 0 Å². The van der Waals surface area contributed by atoms with E-state index in [1.807, 2.05) is 18.2 Å². The minimum atomic E-state index is 0.0636. The number of nitrogens with zero attached hydrogens (tertiary/aromatic N) is 1. The van der Waals surface area contributed by atoms with Crippen molar-refractivity contribution < 1.29 is 4.79 Å². The predicted octanol–water partition coefficient (Wildman–Crippen LogP) is 5.40. The van der Waals surface area contributed by atoms with E-state index in [-0.39, 0.29) is 5.91 Å². The minimum Gasteiger partial charge on any atom is -0.372 e. The minimum absolute atomic E-state index is 0.0636. The van der Waals surface area contributed by atoms with E-state index in [0.717, 1.165) is 25.2 Å². The Morgan fingerprint density at radius 1 is 0.852 bits per heavy atom. The number of benzene rings is 3. The second-order valence-corrected chi connectivity index (χ2v) is 7.28. The molecule has 1 N–H and O–H groups in total. The quantitative estimate of drug-likeness (QED) is 0.662. The van der Waals surface area contributed by atoms with Gasteiger partial charge in [0.25, 0.3) is 0 Å². The number of aryl methyl sites for hydroxylation is 1. The first kappa shape index (κ1) is 17.6. The number of hydrogen-bond donors (Lipinski definition) is 1. The largest absolute Gasteiger partial charge is 0.372 e. The summed E-state index contributed by atoms with van der Waals surface area (Å²) in [4.78, 5) is 14.8. The Bertz CT molecular complexity index is 906. The van der Waals surface area contributed by atoms with Gasteiger partial charge < -0.3 is 10.2 Å². The van der Waals surface area contributed by atoms with E-state index in [1.54, 1.807) is 0 Å². The van der Waals surface area contributed by atoms with Gasteiger partial charge in [0.2, 0.25) is 5.91 Å². The molecule has 4 rings (SSSR count). The van der Waals surface area contributed by atoms with Crippen LogP contribution in [0.3, 0.4) is 0 Å². The molecule has 1 aliphatic rings. The van der Waals surface area contributed by atoms with Crippen LogP contribution in [-0.4, -0.2) is 19.0 Å². The van der Waals surface area contributed by atoms with Gasteiger partial charge in [-0.15, -0.1) is 0 Å². The van der Waals surface area contributed by atoms with Gasteiger partial charge in [0, 0.05) is 30.9 Å². The molecule has 0 saturated carbocycles. The van der Waals surface area contributed by atoms with Crippen molar-refractivity contribution in [1.82, 2.24) is 0 Å². The highest BCUT2D eigenvalue weighted by atomic mass is 16.1. The topological polar surface area (TPSA) is 32.3 Å². The fourth-order valence-corrected chi connectivity index (χ4v) is 3.89. The average molecular weight is 358 g/mol. The van der Waals surface area contributed by atoms with E-state index in [9.17, 15) is 4.79 Å². The number of hydrogen-bond acceptors (Lipinski definition) is 2. The standard InChI is InChI=1S/C24H26N2O/c27-24(16-11-20-9-6-8-19-7-2-3-10-23(19)20)25-21-12-14-22(15-13-21)26-17-4-1-5-18-26/h2-3,6-10,12-15H,1,4-5,11,16-18H2,(H,25,27). The number of fused-ring (bicyclic) bond motifs is 1. The molecule has 0 aliphatic carbocycles. The molecule has 0 spiro atoms. The Balaban J connectivity index is 1.35. The summed E-state index contributed by atoms with van der Waals surface area (Å²) >= 11 is 0. The number of anilines is 2. The first-order valence-corrected chi connectivity index (χ1v) is 9.91. The maximum atomic E-state index is 12.4. The molecule has 3 nitrogen and oxygen atoms in total. The summed E-state index contributed by atoms with van der Waals surface area (Å²) in [5.41, 5.74) is 3.35. The Hall–Kier alpha value is -2.81. The summed E-state index contributed by atoms with van der Waals surface area (Å²) in [5, 5.41) is 5.49. The maximum Gasteiger partial charge on any atom is 0.224 e. The van der Waals surface area contributed by atoms with Crippen molar-refractivity contribution in [2.75, 3.05) is 23.3 Å². The van der Waals surface area contributed by atoms with Crippen LogP contribution in [0.5, 0.6) is 0 Å². The van der Waals surface area contributed by atoms with Crippen LogP contribution in [0, 0.1) is 0 Å². The van der Waals surface area contributed by atoms with E-state index >= 15 is 0 Å². The Labute approximate surface area is 161 Å². The Morgan fingerprint density at radius 2 is 1.59 bits per heavy atom. The zero-order valence-corrected chi connectivity index (χ0v) is 15.7. The zero-order chi connectivity index (χ0) is 18.5. The second-order valence-electron chi connectivity index (χ2n) is 7.28. The summed E-state index contributed by atoms with van der Waals surface area (Å²) < 4.78 is 0. The van der Waals surface area contributed by atoms with E-state index in [2.05, 4.69) is 58.7 Å². The van der Waals surface area contributed by atoms with Gasteiger partial charge in [0.05, 0.1) is 0 Å². The fraction of sp³-hybridized carbons (Fsp3) is 0.292. The molecule has 1 saturated heterocycles. The highest BCUT2D eigenvalue weighted by Crippen LogP contribution is 2.23. The van der Waals surface area contributed by atoms with Crippen LogP contribution in [0.4, 0.5) is 11.4 Å². The molecule has 0 bridgehead atoms. The lowest BCUT2D eigenvalue weighted by atomic mass is 10.0. The van der Waals surface area contributed by atoms with E-state index < -0.39 is 0 Å². The highest BCUT2D eigenvalue weighted by molar-refractivity contribution is 5.92. The summed E-state index contributed by atoms with van der Waals surface area (Å²) in [6.07, 6.45) is 5.11. The van der Waals surface area contributed by atoms with Gasteiger partial charge >= 0.3 is 0 Å². The van der Waals surface area contributed by atoms with Crippen molar-refractivity contribution in [3.63, 3.8) is 0 Å². The number of amides is 1. The number of rotatable bonds is 5. The first-order valence-electron chi connectivity index (χ1n) is 9.91. The lowest BCUT2D eigenvalue weighted by Gasteiger charge is -2.28. The van der Waals surface area contributed by atoms with Crippen molar-refractivity contribution >= 4 is 28.1 Å². The molecular weight excluding hydrogens is 332 g/mol. The molecule has 27 heavy (non-hydrogen) atoms. The average Bonchev–Trinajstić information content (AvgIpc) is 2.73. The van der Waals surface area contributed by atoms with Crippen LogP contribution in [0.2, 0.25) is 0 Å². The van der Waals surface area contributed by atoms with Crippen LogP contribution < -0.4 is 10.2 Å². The SMILES string of the molecule is O=C(CCc1cccc2ccccc12)Nc1ccc(N2CCCCC2)cc1. The Kier molecular flexibility index (Phi) is 5.38. The summed E-state index contributed by atoms with van der Waals surface area (Å²) in [7, 11) is 0. The molecule has 0 atom stereocenters. The number of nitrogens with one attached hydrogen (secondary N) is 1. The van der Waals surface area contributed by atoms with E-state index in [0.29, 0.717) is 6.42 Å². The third-order valence-electron chi connectivity index (χ3n) is 5.37. The van der Waals surface area contributed by atoms with Crippen LogP contribution in [0.15, 0.2) is 66.7 Å². The lowest BCUT2D eigenvalue weighted by molar-refractivity contribution is -0.116. The van der Waals surface area contributed by atoms with Gasteiger partial charge in [0.1, 0.15) is 0 Å². The third kappa shape index (κ3) is 4.30. The molecule has 3 heteroatoms. The smallest absolute Gasteiger partial charge is 0.224 e. The van der Waals surface area contributed by atoms with Crippen molar-refractivity contribution in [2.45, 2.75) is 32.1 Å². The molecule has 3 aromatic carbocycles. The normalized spacial score (nSPS) is 14.3. The summed E-state index contributed by atoms with van der Waals surface area (Å²) in [5.74, 6) is 0.0636. The second kappa shape index (κ2) is 8.26. The van der Waals surface area contributed by atoms with E-state index in [1.165, 1.54) is 41.3 Å². The number of carbonyl (C=O) groups excluding carboxylic acids is 1. The molecule has 3 aromatic rings. The molecule has 0 unspecified atom stereocenters. The first-order chi connectivity index (χ1) is 13.3. The molecule has 1 heterocycles. The fourth-order valence-electron chi connectivity index (χ4n) is 3.89. The van der Waals surface area contributed by atoms with Crippen LogP contribution in [0.1, 0.15) is 31.2 Å². The van der Waals surface area contributed by atoms with Gasteiger partial charge in [-0.05, 0) is 66.3 Å². The van der Waals surface area contributed by atoms with Gasteiger partial charge in [-0.25, -0.2) is 0 Å². The van der Waals surface area contributed by atoms with Gasteiger partial charge in [-0.1, -0.05) is 42.5 Å². The van der Waals surface area contributed by atoms with Gasteiger partial charge in [-0.2, -0.15) is 0 Å². The lowest BCUT2D eigenvalue weighted by Crippen LogP contribution is -2.29.